The van der Waals surface area contributed by atoms with Gasteiger partial charge in [-0.3, -0.25) is 14.3 Å². The molecule has 0 radical (unpaired) electrons. The summed E-state index contributed by atoms with van der Waals surface area (Å²) in [6, 6.07) is 19.2. The van der Waals surface area contributed by atoms with Gasteiger partial charge in [0.1, 0.15) is 5.75 Å². The number of anilines is 1. The maximum absolute atomic E-state index is 12.5. The second-order valence-electron chi connectivity index (χ2n) is 7.01. The van der Waals surface area contributed by atoms with Crippen LogP contribution < -0.4 is 10.1 Å². The molecule has 162 valence electrons. The Balaban J connectivity index is 1.58. The number of ether oxygens (including phenoxy) is 1. The molecular formula is C24H23N5O2S. The van der Waals surface area contributed by atoms with Gasteiger partial charge < -0.3 is 10.1 Å². The number of nitrogens with one attached hydrogen (secondary N) is 1. The van der Waals surface area contributed by atoms with Crippen LogP contribution in [0.15, 0.2) is 78.2 Å². The van der Waals surface area contributed by atoms with Gasteiger partial charge in [0.25, 0.3) is 0 Å². The highest BCUT2D eigenvalue weighted by atomic mass is 32.2. The second-order valence-corrected chi connectivity index (χ2v) is 7.95. The molecular weight excluding hydrogens is 422 g/mol. The summed E-state index contributed by atoms with van der Waals surface area (Å²) in [7, 11) is 0. The molecule has 4 rings (SSSR count). The van der Waals surface area contributed by atoms with Crippen molar-refractivity contribution in [3.8, 4) is 22.8 Å². The highest BCUT2D eigenvalue weighted by molar-refractivity contribution is 7.99. The molecule has 0 bridgehead atoms. The minimum Gasteiger partial charge on any atom is -0.494 e. The first-order chi connectivity index (χ1) is 15.6. The van der Waals surface area contributed by atoms with Crippen molar-refractivity contribution in [2.45, 2.75) is 19.0 Å². The van der Waals surface area contributed by atoms with Crippen LogP contribution in [-0.2, 0) is 4.79 Å². The van der Waals surface area contributed by atoms with E-state index < -0.39 is 0 Å². The van der Waals surface area contributed by atoms with Gasteiger partial charge in [-0.25, -0.2) is 0 Å². The number of amides is 1. The summed E-state index contributed by atoms with van der Waals surface area (Å²) in [6.45, 7) is 4.56. The molecule has 7 nitrogen and oxygen atoms in total. The van der Waals surface area contributed by atoms with Crippen LogP contribution in [-0.4, -0.2) is 38.0 Å². The summed E-state index contributed by atoms with van der Waals surface area (Å²) >= 11 is 1.33. The van der Waals surface area contributed by atoms with Crippen LogP contribution >= 0.6 is 11.8 Å². The Labute approximate surface area is 190 Å². The van der Waals surface area contributed by atoms with Crippen LogP contribution in [0.3, 0.4) is 0 Å². The molecule has 0 aliphatic heterocycles. The zero-order valence-electron chi connectivity index (χ0n) is 17.9. The van der Waals surface area contributed by atoms with Crippen molar-refractivity contribution >= 4 is 23.4 Å². The Morgan fingerprint density at radius 1 is 1.00 bits per heavy atom. The largest absolute Gasteiger partial charge is 0.494 e. The molecule has 2 heterocycles. The van der Waals surface area contributed by atoms with E-state index in [2.05, 4.69) is 20.5 Å². The molecule has 0 atom stereocenters. The molecule has 1 amide bonds. The van der Waals surface area contributed by atoms with E-state index in [0.717, 1.165) is 28.3 Å². The number of aryl methyl sites for hydroxylation is 1. The first-order valence-electron chi connectivity index (χ1n) is 10.2. The Morgan fingerprint density at radius 3 is 2.41 bits per heavy atom. The van der Waals surface area contributed by atoms with Crippen molar-refractivity contribution < 1.29 is 9.53 Å². The first-order valence-corrected chi connectivity index (χ1v) is 11.2. The van der Waals surface area contributed by atoms with Gasteiger partial charge in [-0.1, -0.05) is 29.5 Å². The van der Waals surface area contributed by atoms with E-state index in [9.17, 15) is 4.79 Å². The molecule has 8 heteroatoms. The summed E-state index contributed by atoms with van der Waals surface area (Å²) in [6.07, 6.45) is 3.43. The molecule has 2 aromatic carbocycles. The monoisotopic (exact) mass is 445 g/mol. The lowest BCUT2D eigenvalue weighted by atomic mass is 10.2. The van der Waals surface area contributed by atoms with Crippen LogP contribution in [0.1, 0.15) is 12.5 Å². The SMILES string of the molecule is CCOc1ccc(-n2c(SCC(=O)Nc3ccc(C)cc3)nnc2-c2ccncc2)cc1. The van der Waals surface area contributed by atoms with Crippen molar-refractivity contribution in [2.75, 3.05) is 17.7 Å². The maximum atomic E-state index is 12.5. The Hall–Kier alpha value is -3.65. The number of carbonyl (C=O) groups excluding carboxylic acids is 1. The molecule has 0 aliphatic rings. The summed E-state index contributed by atoms with van der Waals surface area (Å²) in [5.41, 5.74) is 3.68. The van der Waals surface area contributed by atoms with Crippen molar-refractivity contribution in [3.05, 3.63) is 78.6 Å². The van der Waals surface area contributed by atoms with Gasteiger partial charge in [-0.2, -0.15) is 0 Å². The number of aromatic nitrogens is 4. The number of benzene rings is 2. The number of nitrogens with zero attached hydrogens (tertiary/aromatic N) is 4. The Bertz CT molecular complexity index is 1180. The fraction of sp³-hybridized carbons (Fsp3) is 0.167. The smallest absolute Gasteiger partial charge is 0.234 e. The van der Waals surface area contributed by atoms with Crippen molar-refractivity contribution in [3.63, 3.8) is 0 Å². The summed E-state index contributed by atoms with van der Waals surface area (Å²) in [5, 5.41) is 12.3. The summed E-state index contributed by atoms with van der Waals surface area (Å²) in [4.78, 5) is 16.6. The standard InChI is InChI=1S/C24H23N5O2S/c1-3-31-21-10-8-20(9-11-21)29-23(18-12-14-25-15-13-18)27-28-24(29)32-16-22(30)26-19-6-4-17(2)5-7-19/h4-15H,3,16H2,1-2H3,(H,26,30). The van der Waals surface area contributed by atoms with Crippen LogP contribution in [0.4, 0.5) is 5.69 Å². The van der Waals surface area contributed by atoms with Crippen LogP contribution in [0.25, 0.3) is 17.1 Å². The number of hydrogen-bond donors (Lipinski definition) is 1. The van der Waals surface area contributed by atoms with E-state index in [4.69, 9.17) is 4.74 Å². The number of rotatable bonds is 8. The fourth-order valence-electron chi connectivity index (χ4n) is 3.11. The van der Waals surface area contributed by atoms with E-state index in [1.165, 1.54) is 11.8 Å². The predicted molar refractivity (Wildman–Crippen MR) is 126 cm³/mol. The molecule has 32 heavy (non-hydrogen) atoms. The van der Waals surface area contributed by atoms with E-state index in [0.29, 0.717) is 17.6 Å². The molecule has 1 N–H and O–H groups in total. The van der Waals surface area contributed by atoms with E-state index >= 15 is 0 Å². The fourth-order valence-corrected chi connectivity index (χ4v) is 3.86. The maximum Gasteiger partial charge on any atom is 0.234 e. The van der Waals surface area contributed by atoms with Gasteiger partial charge in [0.15, 0.2) is 11.0 Å². The third-order valence-corrected chi connectivity index (χ3v) is 5.57. The van der Waals surface area contributed by atoms with E-state index in [-0.39, 0.29) is 11.7 Å². The van der Waals surface area contributed by atoms with Gasteiger partial charge >= 0.3 is 0 Å². The topological polar surface area (TPSA) is 81.9 Å². The highest BCUT2D eigenvalue weighted by Crippen LogP contribution is 2.28. The normalized spacial score (nSPS) is 10.7. The van der Waals surface area contributed by atoms with Crippen molar-refractivity contribution in [2.24, 2.45) is 0 Å². The lowest BCUT2D eigenvalue weighted by molar-refractivity contribution is -0.113. The average molecular weight is 446 g/mol. The number of pyridine rings is 1. The average Bonchev–Trinajstić information content (AvgIpc) is 3.24. The molecule has 0 unspecified atom stereocenters. The van der Waals surface area contributed by atoms with Crippen LogP contribution in [0, 0.1) is 6.92 Å². The second kappa shape index (κ2) is 10.1. The van der Waals surface area contributed by atoms with Gasteiger partial charge in [0, 0.05) is 29.3 Å². The zero-order valence-corrected chi connectivity index (χ0v) is 18.7. The highest BCUT2D eigenvalue weighted by Gasteiger charge is 2.17. The molecule has 2 aromatic heterocycles. The molecule has 0 aliphatic carbocycles. The number of carbonyl (C=O) groups is 1. The lowest BCUT2D eigenvalue weighted by Crippen LogP contribution is -2.14. The predicted octanol–water partition coefficient (Wildman–Crippen LogP) is 4.77. The lowest BCUT2D eigenvalue weighted by Gasteiger charge is -2.11. The van der Waals surface area contributed by atoms with Crippen molar-refractivity contribution in [1.29, 1.82) is 0 Å². The zero-order chi connectivity index (χ0) is 22.3. The van der Waals surface area contributed by atoms with Gasteiger partial charge in [-0.15, -0.1) is 10.2 Å². The molecule has 0 saturated carbocycles. The summed E-state index contributed by atoms with van der Waals surface area (Å²) < 4.78 is 7.50. The van der Waals surface area contributed by atoms with E-state index in [1.54, 1.807) is 12.4 Å². The van der Waals surface area contributed by atoms with Gasteiger partial charge in [0.05, 0.1) is 12.4 Å². The van der Waals surface area contributed by atoms with Crippen molar-refractivity contribution in [1.82, 2.24) is 19.7 Å². The van der Waals surface area contributed by atoms with Crippen LogP contribution in [0.2, 0.25) is 0 Å². The van der Waals surface area contributed by atoms with Gasteiger partial charge in [-0.05, 0) is 62.4 Å². The van der Waals surface area contributed by atoms with Crippen LogP contribution in [0.5, 0.6) is 5.75 Å². The number of hydrogen-bond acceptors (Lipinski definition) is 6. The molecule has 4 aromatic rings. The molecule has 0 saturated heterocycles. The molecule has 0 spiro atoms. The third-order valence-electron chi connectivity index (χ3n) is 4.65. The first kappa shape index (κ1) is 21.6. The number of thioether (sulfide) groups is 1. The summed E-state index contributed by atoms with van der Waals surface area (Å²) in [5.74, 6) is 1.57. The Kier molecular flexibility index (Phi) is 6.81. The van der Waals surface area contributed by atoms with E-state index in [1.807, 2.05) is 79.1 Å². The molecule has 0 fully saturated rings. The Morgan fingerprint density at radius 2 is 1.72 bits per heavy atom. The minimum absolute atomic E-state index is 0.106. The quantitative estimate of drug-likeness (QED) is 0.394. The van der Waals surface area contributed by atoms with Gasteiger partial charge in [0.2, 0.25) is 5.91 Å². The minimum atomic E-state index is -0.106. The third kappa shape index (κ3) is 5.15.